The largest absolute Gasteiger partial charge is 0.507 e. The fourth-order valence-corrected chi connectivity index (χ4v) is 5.62. The molecule has 1 aliphatic heterocycles. The van der Waals surface area contributed by atoms with Gasteiger partial charge in [0.15, 0.2) is 12.1 Å². The quantitative estimate of drug-likeness (QED) is 0.540. The van der Waals surface area contributed by atoms with Crippen molar-refractivity contribution in [2.24, 2.45) is 17.8 Å². The molecule has 4 aliphatic rings. The number of aromatic hydroxyl groups is 2. The third-order valence-electron chi connectivity index (χ3n) is 7.23. The van der Waals surface area contributed by atoms with Crippen LogP contribution in [0.3, 0.4) is 0 Å². The second-order valence-electron chi connectivity index (χ2n) is 9.35. The van der Waals surface area contributed by atoms with Crippen molar-refractivity contribution < 1.29 is 29.6 Å². The van der Waals surface area contributed by atoms with Crippen molar-refractivity contribution in [1.29, 1.82) is 0 Å². The van der Waals surface area contributed by atoms with Crippen molar-refractivity contribution in [2.45, 2.75) is 70.5 Å². The lowest BCUT2D eigenvalue weighted by molar-refractivity contribution is -0.244. The maximum atomic E-state index is 12.6. The first-order chi connectivity index (χ1) is 13.1. The number of fused-ring (bicyclic) bond motifs is 2. The van der Waals surface area contributed by atoms with E-state index in [0.29, 0.717) is 24.7 Å². The molecule has 0 radical (unpaired) electrons. The Bertz CT molecular complexity index is 853. The molecule has 3 N–H and O–H groups in total. The van der Waals surface area contributed by atoms with Gasteiger partial charge in [0.05, 0.1) is 11.2 Å². The highest BCUT2D eigenvalue weighted by Crippen LogP contribution is 2.62. The molecule has 3 fully saturated rings. The molecule has 1 aromatic carbocycles. The zero-order chi connectivity index (χ0) is 20.4. The van der Waals surface area contributed by atoms with Crippen molar-refractivity contribution in [1.82, 2.24) is 0 Å². The molecule has 152 valence electrons. The van der Waals surface area contributed by atoms with Crippen LogP contribution >= 0.6 is 0 Å². The van der Waals surface area contributed by atoms with Crippen molar-refractivity contribution in [3.8, 4) is 17.2 Å². The molecule has 6 nitrogen and oxygen atoms in total. The van der Waals surface area contributed by atoms with E-state index < -0.39 is 22.7 Å². The van der Waals surface area contributed by atoms with Gasteiger partial charge in [-0.05, 0) is 50.9 Å². The van der Waals surface area contributed by atoms with Crippen molar-refractivity contribution in [2.75, 3.05) is 0 Å². The lowest BCUT2D eigenvalue weighted by Gasteiger charge is -2.64. The molecule has 6 heteroatoms. The van der Waals surface area contributed by atoms with E-state index in [2.05, 4.69) is 0 Å². The van der Waals surface area contributed by atoms with Gasteiger partial charge in [-0.15, -0.1) is 0 Å². The number of aliphatic hydroxyl groups is 1. The Morgan fingerprint density at radius 2 is 2.00 bits per heavy atom. The first-order valence-electron chi connectivity index (χ1n) is 10.1. The van der Waals surface area contributed by atoms with Crippen molar-refractivity contribution >= 4 is 12.1 Å². The van der Waals surface area contributed by atoms with Crippen molar-refractivity contribution in [3.63, 3.8) is 0 Å². The topological polar surface area (TPSA) is 104 Å². The molecular weight excluding hydrogens is 360 g/mol. The van der Waals surface area contributed by atoms with Crippen LogP contribution in [0.25, 0.3) is 0 Å². The predicted octanol–water partition coefficient (Wildman–Crippen LogP) is 3.38. The fourth-order valence-electron chi connectivity index (χ4n) is 5.62. The molecule has 4 unspecified atom stereocenters. The average molecular weight is 388 g/mol. The number of phenolic OH excluding ortho intramolecular Hbond substituents is 2. The van der Waals surface area contributed by atoms with E-state index in [9.17, 15) is 24.9 Å². The molecular formula is C22H28O6. The van der Waals surface area contributed by atoms with Gasteiger partial charge in [0.25, 0.3) is 0 Å². The number of aldehydes is 1. The van der Waals surface area contributed by atoms with Crippen LogP contribution < -0.4 is 4.74 Å². The highest BCUT2D eigenvalue weighted by Gasteiger charge is 2.65. The summed E-state index contributed by atoms with van der Waals surface area (Å²) >= 11 is 0. The Balaban J connectivity index is 1.79. The summed E-state index contributed by atoms with van der Waals surface area (Å²) in [6.07, 6.45) is 4.17. The molecule has 1 spiro atoms. The van der Waals surface area contributed by atoms with Crippen LogP contribution in [-0.2, 0) is 6.42 Å². The lowest BCUT2D eigenvalue weighted by Crippen LogP contribution is -2.69. The summed E-state index contributed by atoms with van der Waals surface area (Å²) in [6, 6.07) is 0. The highest BCUT2D eigenvalue weighted by atomic mass is 16.5. The van der Waals surface area contributed by atoms with Gasteiger partial charge in [0.1, 0.15) is 28.4 Å². The predicted molar refractivity (Wildman–Crippen MR) is 102 cm³/mol. The number of ketones is 1. The SMILES string of the molecule is CC(C)CC(=O)c1c(O)c(C=O)c2c(c1O)CCC1(CCC3CC1C3(C)O)O2. The van der Waals surface area contributed by atoms with Crippen LogP contribution in [-0.4, -0.2) is 38.6 Å². The maximum Gasteiger partial charge on any atom is 0.170 e. The van der Waals surface area contributed by atoms with Crippen LogP contribution in [0.4, 0.5) is 0 Å². The van der Waals surface area contributed by atoms with E-state index in [4.69, 9.17) is 4.74 Å². The van der Waals surface area contributed by atoms with Gasteiger partial charge in [-0.1, -0.05) is 13.8 Å². The zero-order valence-electron chi connectivity index (χ0n) is 16.6. The standard InChI is InChI=1S/C22H28O6/c1-11(2)8-15(24)17-18(25)13-5-7-22(28-20(13)14(10-23)19(17)26)6-4-12-9-16(22)21(12,3)27/h10-12,16,25-27H,4-9H2,1-3H3. The zero-order valence-corrected chi connectivity index (χ0v) is 16.6. The van der Waals surface area contributed by atoms with E-state index in [0.717, 1.165) is 19.3 Å². The number of carbonyl (C=O) groups excluding carboxylic acids is 2. The van der Waals surface area contributed by atoms with Gasteiger partial charge in [-0.2, -0.15) is 0 Å². The number of hydrogen-bond acceptors (Lipinski definition) is 6. The van der Waals surface area contributed by atoms with Gasteiger partial charge in [0.2, 0.25) is 0 Å². The molecule has 4 atom stereocenters. The summed E-state index contributed by atoms with van der Waals surface area (Å²) in [5, 5.41) is 32.2. The summed E-state index contributed by atoms with van der Waals surface area (Å²) in [7, 11) is 0. The van der Waals surface area contributed by atoms with E-state index in [1.807, 2.05) is 20.8 Å². The summed E-state index contributed by atoms with van der Waals surface area (Å²) in [5.74, 6) is -0.736. The Kier molecular flexibility index (Phi) is 4.27. The Morgan fingerprint density at radius 1 is 1.29 bits per heavy atom. The van der Waals surface area contributed by atoms with Crippen LogP contribution in [0.15, 0.2) is 0 Å². The van der Waals surface area contributed by atoms with Gasteiger partial charge in [-0.25, -0.2) is 0 Å². The molecule has 1 aromatic rings. The number of phenols is 2. The van der Waals surface area contributed by atoms with Crippen molar-refractivity contribution in [3.05, 3.63) is 16.7 Å². The summed E-state index contributed by atoms with van der Waals surface area (Å²) < 4.78 is 6.32. The molecule has 3 saturated carbocycles. The molecule has 3 aliphatic carbocycles. The summed E-state index contributed by atoms with van der Waals surface area (Å²) in [5.41, 5.74) is -1.27. The van der Waals surface area contributed by atoms with Crippen LogP contribution in [0.2, 0.25) is 0 Å². The molecule has 0 amide bonds. The molecule has 0 aromatic heterocycles. The molecule has 5 rings (SSSR count). The highest BCUT2D eigenvalue weighted by molar-refractivity contribution is 6.05. The van der Waals surface area contributed by atoms with Gasteiger partial charge in [0, 0.05) is 17.9 Å². The fraction of sp³-hybridized carbons (Fsp3) is 0.636. The monoisotopic (exact) mass is 388 g/mol. The molecule has 28 heavy (non-hydrogen) atoms. The maximum absolute atomic E-state index is 12.6. The number of ether oxygens (including phenoxy) is 1. The van der Waals surface area contributed by atoms with Crippen LogP contribution in [0, 0.1) is 17.8 Å². The van der Waals surface area contributed by atoms with E-state index >= 15 is 0 Å². The third kappa shape index (κ3) is 2.50. The second-order valence-corrected chi connectivity index (χ2v) is 9.35. The Morgan fingerprint density at radius 3 is 2.57 bits per heavy atom. The normalized spacial score (nSPS) is 33.2. The Hall–Kier alpha value is -2.08. The minimum absolute atomic E-state index is 0.0436. The second kappa shape index (κ2) is 6.21. The number of rotatable bonds is 4. The number of carbonyl (C=O) groups is 2. The van der Waals surface area contributed by atoms with E-state index in [1.54, 1.807) is 0 Å². The molecule has 1 heterocycles. The van der Waals surface area contributed by atoms with Gasteiger partial charge in [-0.3, -0.25) is 9.59 Å². The van der Waals surface area contributed by atoms with Crippen LogP contribution in [0.1, 0.15) is 79.2 Å². The first kappa shape index (κ1) is 19.2. The first-order valence-corrected chi connectivity index (χ1v) is 10.1. The lowest BCUT2D eigenvalue weighted by atomic mass is 9.48. The summed E-state index contributed by atoms with van der Waals surface area (Å²) in [6.45, 7) is 5.59. The minimum atomic E-state index is -0.797. The number of Topliss-reactive ketones (excluding diaryl/α,β-unsaturated/α-hetero) is 1. The summed E-state index contributed by atoms with van der Waals surface area (Å²) in [4.78, 5) is 24.4. The molecule has 2 bridgehead atoms. The number of hydrogen-bond donors (Lipinski definition) is 3. The average Bonchev–Trinajstić information content (AvgIpc) is 2.61. The minimum Gasteiger partial charge on any atom is -0.507 e. The van der Waals surface area contributed by atoms with Gasteiger partial charge >= 0.3 is 0 Å². The van der Waals surface area contributed by atoms with Crippen LogP contribution in [0.5, 0.6) is 17.2 Å². The Labute approximate surface area is 164 Å². The van der Waals surface area contributed by atoms with Gasteiger partial charge < -0.3 is 20.1 Å². The van der Waals surface area contributed by atoms with E-state index in [-0.39, 0.29) is 46.8 Å². The smallest absolute Gasteiger partial charge is 0.170 e. The third-order valence-corrected chi connectivity index (χ3v) is 7.23. The molecule has 0 saturated heterocycles. The number of benzene rings is 1. The van der Waals surface area contributed by atoms with E-state index in [1.165, 1.54) is 0 Å².